The van der Waals surface area contributed by atoms with E-state index in [1.165, 1.54) is 0 Å². The van der Waals surface area contributed by atoms with Gasteiger partial charge in [0.2, 0.25) is 0 Å². The third kappa shape index (κ3) is 300. The molecule has 0 bridgehead atoms. The zero-order chi connectivity index (χ0) is 4.50. The van der Waals surface area contributed by atoms with Crippen molar-refractivity contribution in [2.24, 2.45) is 0 Å². The Morgan fingerprint density at radius 2 is 0.600 bits per heavy atom. The number of hydrogen-bond donors (Lipinski definition) is 1. The first-order valence-corrected chi connectivity index (χ1v) is 1.72. The van der Waals surface area contributed by atoms with E-state index in [1.54, 1.807) is 20.8 Å². The summed E-state index contributed by atoms with van der Waals surface area (Å²) in [4.78, 5) is 0. The Kier molecular flexibility index (Phi) is 338. The molecule has 0 spiro atoms. The van der Waals surface area contributed by atoms with Crippen molar-refractivity contribution in [2.45, 2.75) is 26.4 Å². The van der Waals surface area contributed by atoms with E-state index in [9.17, 15) is 0 Å². The molecule has 0 aromatic heterocycles. The molecule has 0 atom stereocenters. The standard InChI is InChI=1S/C4H10O.8ClH.Ti.Zr/c1-4(2,3)5;;;;;;;;;;/h5H,1-3H3;8*1H;;/q;;;;;;;;;2*+4/p-8. The molecule has 0 amide bonds. The van der Waals surface area contributed by atoms with Crippen LogP contribution in [0.1, 0.15) is 20.8 Å². The molecule has 0 heterocycles. The van der Waals surface area contributed by atoms with Gasteiger partial charge in [-0.3, -0.25) is 0 Å². The summed E-state index contributed by atoms with van der Waals surface area (Å²) in [5.74, 6) is 0. The van der Waals surface area contributed by atoms with Crippen LogP contribution in [0.5, 0.6) is 0 Å². The van der Waals surface area contributed by atoms with Crippen molar-refractivity contribution in [1.29, 1.82) is 0 Å². The van der Waals surface area contributed by atoms with Crippen molar-refractivity contribution in [1.82, 2.24) is 0 Å². The second kappa shape index (κ2) is 52.2. The SMILES string of the molecule is CC(C)(C)O.[Cl-].[Cl-].[Cl-].[Cl-].[Cl-].[Cl-].[Cl-].[Cl-].[Ti+4].[Zr+4]. The zero-order valence-electron chi connectivity index (χ0n) is 7.97. The molecule has 0 fully saturated rings. The third-order valence-corrected chi connectivity index (χ3v) is 0. The number of hydrogen-bond acceptors (Lipinski definition) is 1. The predicted molar refractivity (Wildman–Crippen MR) is 22.0 cm³/mol. The topological polar surface area (TPSA) is 20.2 Å². The molecule has 0 rings (SSSR count). The fraction of sp³-hybridized carbons (Fsp3) is 1.00. The zero-order valence-corrected chi connectivity index (χ0v) is 18.0. The van der Waals surface area contributed by atoms with Gasteiger partial charge in [0.05, 0.1) is 5.60 Å². The van der Waals surface area contributed by atoms with Crippen LogP contribution in [0.2, 0.25) is 0 Å². The van der Waals surface area contributed by atoms with Gasteiger partial charge in [0.15, 0.2) is 0 Å². The van der Waals surface area contributed by atoms with Crippen LogP contribution >= 0.6 is 0 Å². The second-order valence-electron chi connectivity index (χ2n) is 2.17. The van der Waals surface area contributed by atoms with E-state index in [1.807, 2.05) is 0 Å². The molecule has 0 saturated heterocycles. The Hall–Kier alpha value is 3.88. The Balaban J connectivity index is -0.00000000178. The fourth-order valence-corrected chi connectivity index (χ4v) is 0. The van der Waals surface area contributed by atoms with Gasteiger partial charge in [-0.1, -0.05) is 0 Å². The van der Waals surface area contributed by atoms with Crippen LogP contribution in [0, 0.1) is 0 Å². The Bertz CT molecular complexity index is 42.1. The van der Waals surface area contributed by atoms with Crippen LogP contribution in [0.4, 0.5) is 0 Å². The van der Waals surface area contributed by atoms with Gasteiger partial charge in [-0.2, -0.15) is 0 Å². The summed E-state index contributed by atoms with van der Waals surface area (Å²) in [5, 5.41) is 8.52. The van der Waals surface area contributed by atoms with E-state index >= 15 is 0 Å². The molecular formula is C4H10Cl8OTiZr. The number of rotatable bonds is 0. The van der Waals surface area contributed by atoms with Crippen molar-refractivity contribution in [3.8, 4) is 0 Å². The van der Waals surface area contributed by atoms with Crippen molar-refractivity contribution in [3.05, 3.63) is 0 Å². The minimum atomic E-state index is -0.500. The molecule has 0 aromatic carbocycles. The van der Waals surface area contributed by atoms with Crippen molar-refractivity contribution in [3.63, 3.8) is 0 Å². The summed E-state index contributed by atoms with van der Waals surface area (Å²) in [6.45, 7) is 5.23. The Labute approximate surface area is 176 Å². The van der Waals surface area contributed by atoms with Gasteiger partial charge in [-0.25, -0.2) is 0 Å². The van der Waals surface area contributed by atoms with Gasteiger partial charge in [0.1, 0.15) is 0 Å². The molecule has 1 nitrogen and oxygen atoms in total. The van der Waals surface area contributed by atoms with Crippen molar-refractivity contribution < 1.29 is 152 Å². The predicted octanol–water partition coefficient (Wildman–Crippen LogP) is -23.2. The fourth-order valence-electron chi connectivity index (χ4n) is 0. The van der Waals surface area contributed by atoms with Crippen LogP contribution in [-0.4, -0.2) is 10.7 Å². The largest absolute Gasteiger partial charge is 4.00 e. The molecule has 0 aliphatic heterocycles. The molecule has 0 saturated carbocycles. The molecule has 1 N–H and O–H groups in total. The summed E-state index contributed by atoms with van der Waals surface area (Å²) in [6.07, 6.45) is 0. The summed E-state index contributed by atoms with van der Waals surface area (Å²) >= 11 is 0. The van der Waals surface area contributed by atoms with E-state index < -0.39 is 5.60 Å². The average Bonchev–Trinajstić information content (AvgIpc) is 0.722. The van der Waals surface area contributed by atoms with Crippen molar-refractivity contribution in [2.75, 3.05) is 0 Å². The maximum atomic E-state index is 8.52. The molecule has 11 heteroatoms. The van der Waals surface area contributed by atoms with Gasteiger partial charge < -0.3 is 104 Å². The van der Waals surface area contributed by atoms with E-state index in [4.69, 9.17) is 5.11 Å². The van der Waals surface area contributed by atoms with Crippen molar-refractivity contribution >= 4 is 0 Å². The first-order chi connectivity index (χ1) is 2.00. The average molecular weight is 497 g/mol. The first kappa shape index (κ1) is 97.2. The van der Waals surface area contributed by atoms with E-state index in [0.717, 1.165) is 0 Å². The second-order valence-corrected chi connectivity index (χ2v) is 2.17. The maximum absolute atomic E-state index is 8.52. The number of aliphatic hydroxyl groups is 1. The molecular weight excluding hydrogens is 487 g/mol. The summed E-state index contributed by atoms with van der Waals surface area (Å²) in [7, 11) is 0. The molecule has 0 radical (unpaired) electrons. The molecule has 0 unspecified atom stereocenters. The quantitative estimate of drug-likeness (QED) is 0.330. The van der Waals surface area contributed by atoms with Crippen LogP contribution < -0.4 is 99.3 Å². The van der Waals surface area contributed by atoms with Gasteiger partial charge in [0.25, 0.3) is 0 Å². The Morgan fingerprint density at radius 3 is 0.600 bits per heavy atom. The normalized spacial score (nSPS) is 4.00. The Morgan fingerprint density at radius 1 is 0.600 bits per heavy atom. The smallest absolute Gasteiger partial charge is 1.00 e. The maximum Gasteiger partial charge on any atom is 4.00 e. The van der Waals surface area contributed by atoms with Crippen LogP contribution in [-0.2, 0) is 47.9 Å². The van der Waals surface area contributed by atoms with Crippen LogP contribution in [0.15, 0.2) is 0 Å². The first-order valence-electron chi connectivity index (χ1n) is 1.72. The number of halogens is 8. The molecule has 0 aromatic rings. The molecule has 0 aliphatic rings. The summed E-state index contributed by atoms with van der Waals surface area (Å²) in [6, 6.07) is 0. The van der Waals surface area contributed by atoms with Gasteiger partial charge in [-0.05, 0) is 20.8 Å². The van der Waals surface area contributed by atoms with Gasteiger partial charge in [0, 0.05) is 0 Å². The third-order valence-electron chi connectivity index (χ3n) is 0. The van der Waals surface area contributed by atoms with Crippen LogP contribution in [0.25, 0.3) is 0 Å². The van der Waals surface area contributed by atoms with Crippen LogP contribution in [0.3, 0.4) is 0 Å². The molecule has 96 valence electrons. The van der Waals surface area contributed by atoms with Gasteiger partial charge >= 0.3 is 47.9 Å². The minimum absolute atomic E-state index is 0. The van der Waals surface area contributed by atoms with E-state index in [-0.39, 0.29) is 147 Å². The minimum Gasteiger partial charge on any atom is -1.00 e. The summed E-state index contributed by atoms with van der Waals surface area (Å²) < 4.78 is 0. The van der Waals surface area contributed by atoms with E-state index in [0.29, 0.717) is 0 Å². The molecule has 0 aliphatic carbocycles. The molecule has 15 heavy (non-hydrogen) atoms. The van der Waals surface area contributed by atoms with Gasteiger partial charge in [-0.15, -0.1) is 0 Å². The summed E-state index contributed by atoms with van der Waals surface area (Å²) in [5.41, 5.74) is -0.500. The van der Waals surface area contributed by atoms with E-state index in [2.05, 4.69) is 0 Å². The monoisotopic (exact) mass is 492 g/mol.